The van der Waals surface area contributed by atoms with Crippen molar-refractivity contribution < 1.29 is 18.3 Å². The highest BCUT2D eigenvalue weighted by Gasteiger charge is 2.27. The highest BCUT2D eigenvalue weighted by Crippen LogP contribution is 2.33. The summed E-state index contributed by atoms with van der Waals surface area (Å²) in [4.78, 5) is 4.32. The number of rotatable bonds is 7. The van der Waals surface area contributed by atoms with Crippen LogP contribution in [0.3, 0.4) is 0 Å². The van der Waals surface area contributed by atoms with Gasteiger partial charge in [0.15, 0.2) is 0 Å². The lowest BCUT2D eigenvalue weighted by Gasteiger charge is -2.11. The fraction of sp³-hybridized carbons (Fsp3) is 0.350. The first kappa shape index (κ1) is 18.6. The van der Waals surface area contributed by atoms with E-state index in [1.54, 1.807) is 6.07 Å². The van der Waals surface area contributed by atoms with Gasteiger partial charge in [-0.15, -0.1) is 0 Å². The number of halogens is 3. The van der Waals surface area contributed by atoms with Crippen molar-refractivity contribution >= 4 is 17.5 Å². The second-order valence-electron chi connectivity index (χ2n) is 6.10. The van der Waals surface area contributed by atoms with Gasteiger partial charge in [0.1, 0.15) is 35.6 Å². The van der Waals surface area contributed by atoms with Gasteiger partial charge >= 0.3 is 0 Å². The predicted octanol–water partition coefficient (Wildman–Crippen LogP) is 5.71. The lowest BCUT2D eigenvalue weighted by Crippen LogP contribution is -2.07. The fourth-order valence-electron chi connectivity index (χ4n) is 2.78. The third-order valence-corrected chi connectivity index (χ3v) is 4.50. The first-order valence-electron chi connectivity index (χ1n) is 8.67. The van der Waals surface area contributed by atoms with E-state index in [1.807, 2.05) is 12.1 Å². The Morgan fingerprint density at radius 3 is 2.65 bits per heavy atom. The lowest BCUT2D eigenvalue weighted by atomic mass is 10.1. The Hall–Kier alpha value is -2.14. The smallest absolute Gasteiger partial charge is 0.222 e. The van der Waals surface area contributed by atoms with Crippen LogP contribution in [-0.4, -0.2) is 19.1 Å². The Morgan fingerprint density at radius 1 is 1.19 bits per heavy atom. The molecule has 1 aliphatic heterocycles. The molecule has 3 nitrogen and oxygen atoms in total. The maximum absolute atomic E-state index is 13.9. The highest BCUT2D eigenvalue weighted by atomic mass is 35.5. The van der Waals surface area contributed by atoms with Crippen LogP contribution < -0.4 is 4.74 Å². The van der Waals surface area contributed by atoms with Gasteiger partial charge in [0.2, 0.25) is 5.90 Å². The third-order valence-electron chi connectivity index (χ3n) is 4.18. The molecule has 0 saturated heterocycles. The van der Waals surface area contributed by atoms with Crippen molar-refractivity contribution in [1.29, 1.82) is 0 Å². The van der Waals surface area contributed by atoms with E-state index in [2.05, 4.69) is 11.9 Å². The van der Waals surface area contributed by atoms with E-state index < -0.39 is 17.7 Å². The molecule has 3 rings (SSSR count). The van der Waals surface area contributed by atoms with Crippen molar-refractivity contribution in [3.8, 4) is 5.75 Å². The maximum Gasteiger partial charge on any atom is 0.222 e. The number of benzene rings is 2. The molecular formula is C20H20ClF2NO2. The van der Waals surface area contributed by atoms with Crippen molar-refractivity contribution in [2.75, 3.05) is 13.2 Å². The molecule has 138 valence electrons. The summed E-state index contributed by atoms with van der Waals surface area (Å²) < 4.78 is 38.9. The minimum atomic E-state index is -0.702. The largest absolute Gasteiger partial charge is 0.494 e. The number of ether oxygens (including phenoxy) is 2. The van der Waals surface area contributed by atoms with Gasteiger partial charge in [-0.25, -0.2) is 13.8 Å². The number of hydrogen-bond acceptors (Lipinski definition) is 3. The predicted molar refractivity (Wildman–Crippen MR) is 98.1 cm³/mol. The van der Waals surface area contributed by atoms with Gasteiger partial charge in [-0.2, -0.15) is 0 Å². The van der Waals surface area contributed by atoms with Crippen LogP contribution in [0.2, 0.25) is 5.02 Å². The maximum atomic E-state index is 13.9. The molecule has 1 atom stereocenters. The standard InChI is InChI=1S/C20H20ClF2NO2/c1-2-3-4-10-25-13-8-9-14(15(21)11-13)18-12-26-20(24-18)19-16(22)6-5-7-17(19)23/h5-9,11,18H,2-4,10,12H2,1H3. The molecule has 0 spiro atoms. The Balaban J connectivity index is 1.75. The van der Waals surface area contributed by atoms with Gasteiger partial charge in [0.25, 0.3) is 0 Å². The summed E-state index contributed by atoms with van der Waals surface area (Å²) in [6.07, 6.45) is 3.25. The fourth-order valence-corrected chi connectivity index (χ4v) is 3.08. The Morgan fingerprint density at radius 2 is 1.96 bits per heavy atom. The van der Waals surface area contributed by atoms with Crippen molar-refractivity contribution in [3.05, 3.63) is 64.2 Å². The van der Waals surface area contributed by atoms with Gasteiger partial charge < -0.3 is 9.47 Å². The van der Waals surface area contributed by atoms with Crippen molar-refractivity contribution in [2.24, 2.45) is 4.99 Å². The normalized spacial score (nSPS) is 16.3. The van der Waals surface area contributed by atoms with E-state index in [1.165, 1.54) is 18.2 Å². The topological polar surface area (TPSA) is 30.8 Å². The zero-order chi connectivity index (χ0) is 18.5. The van der Waals surface area contributed by atoms with E-state index in [9.17, 15) is 8.78 Å². The van der Waals surface area contributed by atoms with Crippen LogP contribution in [0.25, 0.3) is 0 Å². The van der Waals surface area contributed by atoms with Gasteiger partial charge in [-0.05, 0) is 36.2 Å². The molecule has 1 aliphatic rings. The Bertz CT molecular complexity index is 790. The molecule has 6 heteroatoms. The van der Waals surface area contributed by atoms with E-state index in [0.717, 1.165) is 24.8 Å². The number of hydrogen-bond donors (Lipinski definition) is 0. The molecule has 0 aromatic heterocycles. The molecular weight excluding hydrogens is 360 g/mol. The molecule has 0 saturated carbocycles. The molecule has 0 bridgehead atoms. The first-order chi connectivity index (χ1) is 12.6. The molecule has 1 heterocycles. The molecule has 0 fully saturated rings. The van der Waals surface area contributed by atoms with Crippen LogP contribution in [-0.2, 0) is 4.74 Å². The van der Waals surface area contributed by atoms with Crippen molar-refractivity contribution in [2.45, 2.75) is 32.2 Å². The van der Waals surface area contributed by atoms with Crippen molar-refractivity contribution in [1.82, 2.24) is 0 Å². The Labute approximate surface area is 156 Å². The molecule has 1 unspecified atom stereocenters. The van der Waals surface area contributed by atoms with E-state index >= 15 is 0 Å². The van der Waals surface area contributed by atoms with Gasteiger partial charge in [0, 0.05) is 5.02 Å². The minimum Gasteiger partial charge on any atom is -0.494 e. The molecule has 0 N–H and O–H groups in total. The summed E-state index contributed by atoms with van der Waals surface area (Å²) in [6.45, 7) is 2.96. The van der Waals surface area contributed by atoms with Gasteiger partial charge in [0.05, 0.1) is 6.61 Å². The minimum absolute atomic E-state index is 0.0402. The monoisotopic (exact) mass is 379 g/mol. The van der Waals surface area contributed by atoms with Crippen LogP contribution in [0.4, 0.5) is 8.78 Å². The van der Waals surface area contributed by atoms with Crippen LogP contribution in [0.5, 0.6) is 5.75 Å². The van der Waals surface area contributed by atoms with Gasteiger partial charge in [-0.1, -0.05) is 43.5 Å². The summed E-state index contributed by atoms with van der Waals surface area (Å²) >= 11 is 6.35. The van der Waals surface area contributed by atoms with Gasteiger partial charge in [-0.3, -0.25) is 0 Å². The zero-order valence-electron chi connectivity index (χ0n) is 14.5. The summed E-state index contributed by atoms with van der Waals surface area (Å²) in [5, 5.41) is 0.491. The van der Waals surface area contributed by atoms with Crippen LogP contribution in [0.1, 0.15) is 43.4 Å². The number of nitrogens with zero attached hydrogens (tertiary/aromatic N) is 1. The lowest BCUT2D eigenvalue weighted by molar-refractivity contribution is 0.305. The van der Waals surface area contributed by atoms with Crippen LogP contribution in [0, 0.1) is 11.6 Å². The van der Waals surface area contributed by atoms with E-state index in [-0.39, 0.29) is 18.1 Å². The average molecular weight is 380 g/mol. The molecule has 26 heavy (non-hydrogen) atoms. The van der Waals surface area contributed by atoms with E-state index in [4.69, 9.17) is 21.1 Å². The highest BCUT2D eigenvalue weighted by molar-refractivity contribution is 6.31. The Kier molecular flexibility index (Phi) is 6.09. The molecule has 2 aromatic rings. The number of aliphatic imine (C=N–C) groups is 1. The summed E-state index contributed by atoms with van der Waals surface area (Å²) in [5.41, 5.74) is 0.487. The molecule has 2 aromatic carbocycles. The molecule has 0 aliphatic carbocycles. The van der Waals surface area contributed by atoms with E-state index in [0.29, 0.717) is 17.4 Å². The summed E-state index contributed by atoms with van der Waals surface area (Å²) in [5.74, 6) is -0.752. The third kappa shape index (κ3) is 4.15. The summed E-state index contributed by atoms with van der Waals surface area (Å²) in [7, 11) is 0. The molecule has 0 amide bonds. The average Bonchev–Trinajstić information content (AvgIpc) is 3.08. The number of unbranched alkanes of at least 4 members (excludes halogenated alkanes) is 2. The SMILES string of the molecule is CCCCCOc1ccc(C2COC(c3c(F)cccc3F)=N2)c(Cl)c1. The summed E-state index contributed by atoms with van der Waals surface area (Å²) in [6, 6.07) is 8.62. The van der Waals surface area contributed by atoms with Crippen LogP contribution in [0.15, 0.2) is 41.4 Å². The quantitative estimate of drug-likeness (QED) is 0.577. The van der Waals surface area contributed by atoms with Crippen molar-refractivity contribution in [3.63, 3.8) is 0 Å². The first-order valence-corrected chi connectivity index (χ1v) is 9.05. The zero-order valence-corrected chi connectivity index (χ0v) is 15.2. The van der Waals surface area contributed by atoms with Crippen LogP contribution >= 0.6 is 11.6 Å². The molecule has 0 radical (unpaired) electrons. The second-order valence-corrected chi connectivity index (χ2v) is 6.50. The second kappa shape index (κ2) is 8.49.